The molecular weight excluding hydrogens is 378 g/mol. The average Bonchev–Trinajstić information content (AvgIpc) is 3.19. The van der Waals surface area contributed by atoms with E-state index in [-0.39, 0.29) is 36.4 Å². The maximum Gasteiger partial charge on any atom is 0.270 e. The van der Waals surface area contributed by atoms with E-state index in [0.29, 0.717) is 25.2 Å². The summed E-state index contributed by atoms with van der Waals surface area (Å²) >= 11 is 0. The first-order chi connectivity index (χ1) is 13.4. The fourth-order valence-corrected chi connectivity index (χ4v) is 5.22. The number of rotatable bonds is 4. The highest BCUT2D eigenvalue weighted by Crippen LogP contribution is 2.37. The van der Waals surface area contributed by atoms with Crippen LogP contribution in [0.5, 0.6) is 0 Å². The maximum atomic E-state index is 13.4. The van der Waals surface area contributed by atoms with Gasteiger partial charge in [-0.15, -0.1) is 0 Å². The summed E-state index contributed by atoms with van der Waals surface area (Å²) in [6, 6.07) is 13.2. The standard InChI is InChI=1S/C20H23N3O4S/c24-18(17-7-4-8-21-17)23-14-20(15-23,13-16-5-2-1-3-6-16)19(25)22-9-11-28(26,27)12-10-22/h1-8,21H,9-15H2. The second kappa shape index (κ2) is 7.09. The molecule has 8 heteroatoms. The zero-order chi connectivity index (χ0) is 19.8. The third-order valence-electron chi connectivity index (χ3n) is 5.57. The van der Waals surface area contributed by atoms with E-state index in [1.807, 2.05) is 30.3 Å². The third-order valence-corrected chi connectivity index (χ3v) is 7.18. The number of aromatic nitrogens is 1. The van der Waals surface area contributed by atoms with Gasteiger partial charge in [0.2, 0.25) is 5.91 Å². The van der Waals surface area contributed by atoms with Gasteiger partial charge in [-0.2, -0.15) is 0 Å². The van der Waals surface area contributed by atoms with Gasteiger partial charge < -0.3 is 14.8 Å². The van der Waals surface area contributed by atoms with Crippen LogP contribution in [0.2, 0.25) is 0 Å². The first kappa shape index (κ1) is 18.7. The molecule has 2 aromatic rings. The Labute approximate surface area is 164 Å². The van der Waals surface area contributed by atoms with Crippen LogP contribution >= 0.6 is 0 Å². The van der Waals surface area contributed by atoms with Gasteiger partial charge in [0.05, 0.1) is 16.9 Å². The molecule has 0 spiro atoms. The van der Waals surface area contributed by atoms with Crippen molar-refractivity contribution in [2.45, 2.75) is 6.42 Å². The first-order valence-electron chi connectivity index (χ1n) is 9.35. The first-order valence-corrected chi connectivity index (χ1v) is 11.2. The van der Waals surface area contributed by atoms with Crippen molar-refractivity contribution >= 4 is 21.7 Å². The Morgan fingerprint density at radius 2 is 1.64 bits per heavy atom. The molecule has 0 unspecified atom stereocenters. The van der Waals surface area contributed by atoms with Crippen molar-refractivity contribution in [1.29, 1.82) is 0 Å². The van der Waals surface area contributed by atoms with Crippen LogP contribution < -0.4 is 0 Å². The van der Waals surface area contributed by atoms with Crippen LogP contribution in [-0.2, 0) is 21.1 Å². The van der Waals surface area contributed by atoms with Gasteiger partial charge in [0.1, 0.15) is 5.69 Å². The Balaban J connectivity index is 1.53. The van der Waals surface area contributed by atoms with Gasteiger partial charge >= 0.3 is 0 Å². The molecule has 4 rings (SSSR count). The SMILES string of the molecule is O=C(c1ccc[nH]1)N1CC(Cc2ccccc2)(C(=O)N2CCS(=O)(=O)CC2)C1. The molecule has 0 atom stereocenters. The Morgan fingerprint density at radius 1 is 0.964 bits per heavy atom. The predicted octanol–water partition coefficient (Wildman–Crippen LogP) is 0.957. The van der Waals surface area contributed by atoms with Crippen molar-refractivity contribution in [3.05, 3.63) is 59.9 Å². The molecule has 1 aromatic heterocycles. The number of carbonyl (C=O) groups is 2. The van der Waals surface area contributed by atoms with Crippen LogP contribution in [0.15, 0.2) is 48.7 Å². The molecule has 2 aliphatic heterocycles. The number of hydrogen-bond acceptors (Lipinski definition) is 4. The molecule has 2 aliphatic rings. The largest absolute Gasteiger partial charge is 0.357 e. The summed E-state index contributed by atoms with van der Waals surface area (Å²) < 4.78 is 23.4. The summed E-state index contributed by atoms with van der Waals surface area (Å²) in [6.07, 6.45) is 2.23. The molecule has 1 N–H and O–H groups in total. The molecule has 3 heterocycles. The van der Waals surface area contributed by atoms with E-state index in [0.717, 1.165) is 5.56 Å². The van der Waals surface area contributed by atoms with Crippen molar-refractivity contribution in [3.8, 4) is 0 Å². The quantitative estimate of drug-likeness (QED) is 0.826. The lowest BCUT2D eigenvalue weighted by molar-refractivity contribution is -0.150. The summed E-state index contributed by atoms with van der Waals surface area (Å²) in [5, 5.41) is 0. The lowest BCUT2D eigenvalue weighted by atomic mass is 9.73. The van der Waals surface area contributed by atoms with Crippen LogP contribution in [0.25, 0.3) is 0 Å². The fraction of sp³-hybridized carbons (Fsp3) is 0.400. The smallest absolute Gasteiger partial charge is 0.270 e. The normalized spacial score (nSPS) is 20.4. The Kier molecular flexibility index (Phi) is 4.74. The van der Waals surface area contributed by atoms with E-state index in [1.165, 1.54) is 0 Å². The summed E-state index contributed by atoms with van der Waals surface area (Å²) in [5.74, 6) is -0.166. The molecule has 1 aromatic carbocycles. The van der Waals surface area contributed by atoms with E-state index in [2.05, 4.69) is 4.98 Å². The number of hydrogen-bond donors (Lipinski definition) is 1. The minimum Gasteiger partial charge on any atom is -0.357 e. The molecule has 2 amide bonds. The molecule has 0 radical (unpaired) electrons. The number of amides is 2. The lowest BCUT2D eigenvalue weighted by Gasteiger charge is -2.51. The highest BCUT2D eigenvalue weighted by atomic mass is 32.2. The molecular formula is C20H23N3O4S. The number of carbonyl (C=O) groups excluding carboxylic acids is 2. The summed E-state index contributed by atoms with van der Waals surface area (Å²) in [5.41, 5.74) is 0.835. The van der Waals surface area contributed by atoms with Crippen LogP contribution in [0, 0.1) is 5.41 Å². The molecule has 7 nitrogen and oxygen atoms in total. The molecule has 0 saturated carbocycles. The van der Waals surface area contributed by atoms with Gasteiger partial charge in [-0.3, -0.25) is 9.59 Å². The minimum absolute atomic E-state index is 0.00524. The highest BCUT2D eigenvalue weighted by molar-refractivity contribution is 7.91. The van der Waals surface area contributed by atoms with Gasteiger partial charge in [-0.05, 0) is 24.1 Å². The van der Waals surface area contributed by atoms with E-state index in [4.69, 9.17) is 0 Å². The lowest BCUT2D eigenvalue weighted by Crippen LogP contribution is -2.67. The molecule has 28 heavy (non-hydrogen) atoms. The van der Waals surface area contributed by atoms with Crippen LogP contribution in [0.4, 0.5) is 0 Å². The zero-order valence-electron chi connectivity index (χ0n) is 15.5. The molecule has 0 aliphatic carbocycles. The van der Waals surface area contributed by atoms with E-state index < -0.39 is 15.3 Å². The summed E-state index contributed by atoms with van der Waals surface area (Å²) in [4.78, 5) is 32.2. The number of H-pyrrole nitrogens is 1. The van der Waals surface area contributed by atoms with E-state index >= 15 is 0 Å². The van der Waals surface area contributed by atoms with Gasteiger partial charge in [0, 0.05) is 32.4 Å². The topological polar surface area (TPSA) is 90.6 Å². The number of sulfone groups is 1. The monoisotopic (exact) mass is 401 g/mol. The minimum atomic E-state index is -3.06. The molecule has 2 fully saturated rings. The van der Waals surface area contributed by atoms with E-state index in [1.54, 1.807) is 28.1 Å². The number of aromatic amines is 1. The maximum absolute atomic E-state index is 13.4. The molecule has 148 valence electrons. The van der Waals surface area contributed by atoms with Gasteiger partial charge in [0.25, 0.3) is 5.91 Å². The third kappa shape index (κ3) is 3.56. The number of nitrogens with one attached hydrogen (secondary N) is 1. The second-order valence-electron chi connectivity index (χ2n) is 7.63. The number of likely N-dealkylation sites (tertiary alicyclic amines) is 1. The van der Waals surface area contributed by atoms with Crippen molar-refractivity contribution in [1.82, 2.24) is 14.8 Å². The fourth-order valence-electron chi connectivity index (χ4n) is 4.02. The average molecular weight is 401 g/mol. The molecule has 2 saturated heterocycles. The van der Waals surface area contributed by atoms with Gasteiger partial charge in [-0.25, -0.2) is 8.42 Å². The second-order valence-corrected chi connectivity index (χ2v) is 9.94. The zero-order valence-corrected chi connectivity index (χ0v) is 16.3. The van der Waals surface area contributed by atoms with E-state index in [9.17, 15) is 18.0 Å². The Hall–Kier alpha value is -2.61. The predicted molar refractivity (Wildman–Crippen MR) is 105 cm³/mol. The highest BCUT2D eigenvalue weighted by Gasteiger charge is 2.53. The van der Waals surface area contributed by atoms with Crippen LogP contribution in [-0.4, -0.2) is 72.7 Å². The van der Waals surface area contributed by atoms with Crippen LogP contribution in [0.1, 0.15) is 16.1 Å². The number of nitrogens with zero attached hydrogens (tertiary/aromatic N) is 2. The van der Waals surface area contributed by atoms with Crippen LogP contribution in [0.3, 0.4) is 0 Å². The van der Waals surface area contributed by atoms with Gasteiger partial charge in [-0.1, -0.05) is 30.3 Å². The van der Waals surface area contributed by atoms with Gasteiger partial charge in [0.15, 0.2) is 9.84 Å². The Bertz CT molecular complexity index is 950. The summed E-state index contributed by atoms with van der Waals surface area (Å²) in [7, 11) is -3.06. The van der Waals surface area contributed by atoms with Crippen molar-refractivity contribution < 1.29 is 18.0 Å². The van der Waals surface area contributed by atoms with Crippen molar-refractivity contribution in [3.63, 3.8) is 0 Å². The summed E-state index contributed by atoms with van der Waals surface area (Å²) in [6.45, 7) is 1.12. The Morgan fingerprint density at radius 3 is 2.25 bits per heavy atom. The molecule has 0 bridgehead atoms. The van der Waals surface area contributed by atoms with Crippen molar-refractivity contribution in [2.75, 3.05) is 37.7 Å². The number of benzene rings is 1. The van der Waals surface area contributed by atoms with Crippen molar-refractivity contribution in [2.24, 2.45) is 5.41 Å².